The fraction of sp³-hybridized carbons (Fsp3) is 0.0556. The fourth-order valence-corrected chi connectivity index (χ4v) is 4.47. The standard InChI is InChI=1S/C18H16NO2P/c1-15(18-13-8-14-21-18)19-22(20,16-9-4-2-5-10-16)17-11-6-3-7-12-17/h2-14H,1H3/b19-15-. The lowest BCUT2D eigenvalue weighted by atomic mass is 10.3. The predicted octanol–water partition coefficient (Wildman–Crippen LogP) is 4.02. The minimum atomic E-state index is -3.09. The Morgan fingerprint density at radius 1 is 0.864 bits per heavy atom. The second kappa shape index (κ2) is 6.17. The zero-order valence-corrected chi connectivity index (χ0v) is 13.1. The molecule has 0 aliphatic carbocycles. The summed E-state index contributed by atoms with van der Waals surface area (Å²) >= 11 is 0. The van der Waals surface area contributed by atoms with Gasteiger partial charge in [-0.05, 0) is 43.3 Å². The lowest BCUT2D eigenvalue weighted by Gasteiger charge is -2.15. The van der Waals surface area contributed by atoms with E-state index in [1.807, 2.05) is 73.7 Å². The van der Waals surface area contributed by atoms with Crippen molar-refractivity contribution in [2.75, 3.05) is 0 Å². The van der Waals surface area contributed by atoms with Crippen LogP contribution in [0.2, 0.25) is 0 Å². The SMILES string of the molecule is C/C(=N/P(=O)(c1ccccc1)c1ccccc1)c1ccco1. The molecule has 0 spiro atoms. The Labute approximate surface area is 129 Å². The van der Waals surface area contributed by atoms with Crippen LogP contribution in [0.3, 0.4) is 0 Å². The van der Waals surface area contributed by atoms with E-state index >= 15 is 0 Å². The van der Waals surface area contributed by atoms with Crippen LogP contribution in [0.15, 0.2) is 88.2 Å². The largest absolute Gasteiger partial charge is 0.463 e. The Kier molecular flexibility index (Phi) is 4.08. The molecule has 0 atom stereocenters. The van der Waals surface area contributed by atoms with E-state index in [9.17, 15) is 4.57 Å². The highest BCUT2D eigenvalue weighted by Gasteiger charge is 2.27. The van der Waals surface area contributed by atoms with E-state index in [0.717, 1.165) is 0 Å². The highest BCUT2D eigenvalue weighted by molar-refractivity contribution is 7.77. The fourth-order valence-electron chi connectivity index (χ4n) is 2.27. The van der Waals surface area contributed by atoms with Gasteiger partial charge in [0.05, 0.1) is 12.0 Å². The summed E-state index contributed by atoms with van der Waals surface area (Å²) < 4.78 is 23.6. The summed E-state index contributed by atoms with van der Waals surface area (Å²) in [5.74, 6) is 0.632. The summed E-state index contributed by atoms with van der Waals surface area (Å²) in [6.45, 7) is 1.82. The first-order valence-electron chi connectivity index (χ1n) is 7.02. The number of furan rings is 1. The molecule has 4 heteroatoms. The summed E-state index contributed by atoms with van der Waals surface area (Å²) in [6, 6.07) is 22.3. The molecule has 3 rings (SSSR count). The van der Waals surface area contributed by atoms with Crippen molar-refractivity contribution >= 4 is 23.6 Å². The van der Waals surface area contributed by atoms with Gasteiger partial charge in [0, 0.05) is 10.6 Å². The number of rotatable bonds is 4. The van der Waals surface area contributed by atoms with E-state index in [-0.39, 0.29) is 0 Å². The van der Waals surface area contributed by atoms with Gasteiger partial charge in [-0.15, -0.1) is 0 Å². The Hall–Kier alpha value is -2.38. The van der Waals surface area contributed by atoms with Gasteiger partial charge in [0.2, 0.25) is 7.29 Å². The Balaban J connectivity index is 2.17. The molecule has 3 nitrogen and oxygen atoms in total. The van der Waals surface area contributed by atoms with Crippen molar-refractivity contribution in [2.24, 2.45) is 4.76 Å². The lowest BCUT2D eigenvalue weighted by Crippen LogP contribution is -2.15. The molecule has 0 unspecified atom stereocenters. The van der Waals surface area contributed by atoms with E-state index in [1.54, 1.807) is 12.3 Å². The molecular weight excluding hydrogens is 293 g/mol. The quantitative estimate of drug-likeness (QED) is 0.539. The maximum atomic E-state index is 13.7. The molecule has 22 heavy (non-hydrogen) atoms. The van der Waals surface area contributed by atoms with Crippen molar-refractivity contribution in [1.82, 2.24) is 0 Å². The highest BCUT2D eigenvalue weighted by Crippen LogP contribution is 2.45. The van der Waals surface area contributed by atoms with Crippen molar-refractivity contribution in [1.29, 1.82) is 0 Å². The Morgan fingerprint density at radius 3 is 1.86 bits per heavy atom. The first-order chi connectivity index (χ1) is 10.7. The lowest BCUT2D eigenvalue weighted by molar-refractivity contribution is 0.557. The molecule has 3 aromatic rings. The van der Waals surface area contributed by atoms with Gasteiger partial charge in [-0.1, -0.05) is 36.4 Å². The number of nitrogens with zero attached hydrogens (tertiary/aromatic N) is 1. The second-order valence-corrected chi connectivity index (χ2v) is 7.29. The smallest absolute Gasteiger partial charge is 0.247 e. The van der Waals surface area contributed by atoms with Crippen molar-refractivity contribution < 1.29 is 8.98 Å². The molecule has 2 aromatic carbocycles. The number of benzene rings is 2. The van der Waals surface area contributed by atoms with Crippen LogP contribution in [0.4, 0.5) is 0 Å². The van der Waals surface area contributed by atoms with Gasteiger partial charge < -0.3 is 4.42 Å². The van der Waals surface area contributed by atoms with Crippen LogP contribution >= 0.6 is 7.29 Å². The summed E-state index contributed by atoms with van der Waals surface area (Å²) in [4.78, 5) is 0. The van der Waals surface area contributed by atoms with Gasteiger partial charge in [0.1, 0.15) is 5.76 Å². The molecule has 1 heterocycles. The van der Waals surface area contributed by atoms with Crippen LogP contribution in [-0.4, -0.2) is 5.71 Å². The maximum absolute atomic E-state index is 13.7. The van der Waals surface area contributed by atoms with Crippen LogP contribution in [0.1, 0.15) is 12.7 Å². The topological polar surface area (TPSA) is 42.6 Å². The third-order valence-corrected chi connectivity index (χ3v) is 5.96. The van der Waals surface area contributed by atoms with Gasteiger partial charge in [-0.3, -0.25) is 4.57 Å². The maximum Gasteiger partial charge on any atom is 0.247 e. The van der Waals surface area contributed by atoms with Crippen molar-refractivity contribution in [3.8, 4) is 0 Å². The van der Waals surface area contributed by atoms with Crippen LogP contribution < -0.4 is 10.6 Å². The molecular formula is C18H16NO2P. The third kappa shape index (κ3) is 2.81. The third-order valence-electron chi connectivity index (χ3n) is 3.38. The number of hydrogen-bond donors (Lipinski definition) is 0. The van der Waals surface area contributed by atoms with Gasteiger partial charge >= 0.3 is 0 Å². The zero-order valence-electron chi connectivity index (χ0n) is 12.2. The average molecular weight is 309 g/mol. The molecule has 0 fully saturated rings. The molecule has 0 aliphatic rings. The molecule has 0 aliphatic heterocycles. The van der Waals surface area contributed by atoms with Crippen LogP contribution in [0, 0.1) is 0 Å². The number of hydrogen-bond acceptors (Lipinski definition) is 2. The summed E-state index contributed by atoms with van der Waals surface area (Å²) in [5.41, 5.74) is 0.626. The molecule has 0 saturated carbocycles. The zero-order chi connectivity index (χ0) is 15.4. The summed E-state index contributed by atoms with van der Waals surface area (Å²) in [7, 11) is -3.09. The van der Waals surface area contributed by atoms with Crippen molar-refractivity contribution in [3.05, 3.63) is 84.8 Å². The highest BCUT2D eigenvalue weighted by atomic mass is 31.2. The normalized spacial score (nSPS) is 12.3. The van der Waals surface area contributed by atoms with Gasteiger partial charge in [0.25, 0.3) is 0 Å². The van der Waals surface area contributed by atoms with Gasteiger partial charge in [-0.2, -0.15) is 0 Å². The van der Waals surface area contributed by atoms with Gasteiger partial charge in [-0.25, -0.2) is 4.76 Å². The summed E-state index contributed by atoms with van der Waals surface area (Å²) in [5, 5.41) is 1.43. The summed E-state index contributed by atoms with van der Waals surface area (Å²) in [6.07, 6.45) is 1.59. The molecule has 0 N–H and O–H groups in total. The molecule has 0 saturated heterocycles. The van der Waals surface area contributed by atoms with E-state index in [2.05, 4.69) is 4.76 Å². The van der Waals surface area contributed by atoms with Crippen molar-refractivity contribution in [3.63, 3.8) is 0 Å². The van der Waals surface area contributed by atoms with E-state index in [4.69, 9.17) is 4.42 Å². The van der Waals surface area contributed by atoms with Gasteiger partial charge in [0.15, 0.2) is 0 Å². The van der Waals surface area contributed by atoms with Crippen LogP contribution in [-0.2, 0) is 4.57 Å². The minimum Gasteiger partial charge on any atom is -0.463 e. The minimum absolute atomic E-state index is 0.626. The molecule has 0 radical (unpaired) electrons. The van der Waals surface area contributed by atoms with Crippen LogP contribution in [0.5, 0.6) is 0 Å². The molecule has 1 aromatic heterocycles. The van der Waals surface area contributed by atoms with E-state index in [1.165, 1.54) is 0 Å². The predicted molar refractivity (Wildman–Crippen MR) is 90.7 cm³/mol. The van der Waals surface area contributed by atoms with E-state index in [0.29, 0.717) is 22.1 Å². The Morgan fingerprint density at radius 2 is 1.41 bits per heavy atom. The molecule has 0 amide bonds. The molecule has 110 valence electrons. The first-order valence-corrected chi connectivity index (χ1v) is 8.68. The monoisotopic (exact) mass is 309 g/mol. The average Bonchev–Trinajstić information content (AvgIpc) is 3.11. The molecule has 0 bridgehead atoms. The second-order valence-electron chi connectivity index (χ2n) is 4.91. The van der Waals surface area contributed by atoms with E-state index < -0.39 is 7.29 Å². The van der Waals surface area contributed by atoms with Crippen LogP contribution in [0.25, 0.3) is 0 Å². The Bertz CT molecular complexity index is 765. The van der Waals surface area contributed by atoms with Crippen molar-refractivity contribution in [2.45, 2.75) is 6.92 Å². The first kappa shape index (κ1) is 14.6.